The lowest BCUT2D eigenvalue weighted by Crippen LogP contribution is -2.20. The van der Waals surface area contributed by atoms with E-state index >= 15 is 0 Å². The highest BCUT2D eigenvalue weighted by molar-refractivity contribution is 5.81. The second-order valence-corrected chi connectivity index (χ2v) is 4.11. The Kier molecular flexibility index (Phi) is 3.33. The van der Waals surface area contributed by atoms with Gasteiger partial charge in [0, 0.05) is 12.8 Å². The van der Waals surface area contributed by atoms with Crippen LogP contribution in [0.4, 0.5) is 0 Å². The van der Waals surface area contributed by atoms with Gasteiger partial charge in [-0.05, 0) is 18.1 Å². The highest BCUT2D eigenvalue weighted by atomic mass is 15.0. The maximum Gasteiger partial charge on any atom is 0.161 e. The van der Waals surface area contributed by atoms with Gasteiger partial charge in [0.25, 0.3) is 0 Å². The molecule has 2 rings (SSSR count). The van der Waals surface area contributed by atoms with Crippen molar-refractivity contribution in [2.45, 2.75) is 19.3 Å². The van der Waals surface area contributed by atoms with Crippen LogP contribution in [0.25, 0.3) is 0 Å². The van der Waals surface area contributed by atoms with E-state index in [1.165, 1.54) is 12.0 Å². The quantitative estimate of drug-likeness (QED) is 0.521. The predicted molar refractivity (Wildman–Crippen MR) is 64.6 cm³/mol. The molecule has 1 aromatic rings. The van der Waals surface area contributed by atoms with Crippen LogP contribution in [0, 0.1) is 0 Å². The average Bonchev–Trinajstić information content (AvgIpc) is 2.29. The monoisotopic (exact) mass is 200 g/mol. The number of hydrogen-bond donors (Lipinski definition) is 0. The van der Waals surface area contributed by atoms with Gasteiger partial charge in [0.1, 0.15) is 7.05 Å². The van der Waals surface area contributed by atoms with Crippen LogP contribution in [0.3, 0.4) is 0 Å². The molecule has 15 heavy (non-hydrogen) atoms. The van der Waals surface area contributed by atoms with E-state index in [1.807, 2.05) is 0 Å². The first kappa shape index (κ1) is 10.2. The van der Waals surface area contributed by atoms with E-state index in [1.54, 1.807) is 5.71 Å². The van der Waals surface area contributed by atoms with Gasteiger partial charge in [0.15, 0.2) is 12.3 Å². The van der Waals surface area contributed by atoms with E-state index in [9.17, 15) is 0 Å². The highest BCUT2D eigenvalue weighted by Crippen LogP contribution is 2.07. The highest BCUT2D eigenvalue weighted by Gasteiger charge is 2.11. The minimum Gasteiger partial charge on any atom is -0.236 e. The Morgan fingerprint density at radius 2 is 1.87 bits per heavy atom. The minimum absolute atomic E-state index is 1.07. The lowest BCUT2D eigenvalue weighted by atomic mass is 10.0. The van der Waals surface area contributed by atoms with Gasteiger partial charge in [-0.2, -0.15) is 0 Å². The number of nitrogens with zero attached hydrogens (tertiary/aromatic N) is 1. The summed E-state index contributed by atoms with van der Waals surface area (Å²) in [6.07, 6.45) is 7.99. The van der Waals surface area contributed by atoms with Crippen LogP contribution >= 0.6 is 0 Å². The van der Waals surface area contributed by atoms with Crippen molar-refractivity contribution in [3.63, 3.8) is 0 Å². The van der Waals surface area contributed by atoms with Crippen molar-refractivity contribution in [3.8, 4) is 0 Å². The van der Waals surface area contributed by atoms with Gasteiger partial charge in [-0.1, -0.05) is 36.4 Å². The topological polar surface area (TPSA) is 3.01 Å². The van der Waals surface area contributed by atoms with Crippen molar-refractivity contribution >= 4 is 5.71 Å². The van der Waals surface area contributed by atoms with Crippen LogP contribution in [-0.4, -0.2) is 23.9 Å². The molecule has 1 aliphatic rings. The fourth-order valence-corrected chi connectivity index (χ4v) is 1.96. The number of allylic oxidation sites excluding steroid dienone is 1. The molecule has 0 radical (unpaired) electrons. The molecule has 0 spiro atoms. The zero-order valence-corrected chi connectivity index (χ0v) is 9.32. The molecule has 1 aliphatic heterocycles. The molecule has 1 heterocycles. The number of likely N-dealkylation sites (N-methyl/N-ethyl adjacent to an activating group) is 1. The molecule has 0 saturated heterocycles. The SMILES string of the molecule is C[N+]1=C(CCc2ccccc2)CC=CC1. The molecule has 0 aromatic heterocycles. The van der Waals surface area contributed by atoms with Crippen molar-refractivity contribution in [1.82, 2.24) is 0 Å². The summed E-state index contributed by atoms with van der Waals surface area (Å²) in [4.78, 5) is 0. The molecule has 0 aliphatic carbocycles. The van der Waals surface area contributed by atoms with Crippen LogP contribution in [0.5, 0.6) is 0 Å². The van der Waals surface area contributed by atoms with Gasteiger partial charge in [0.05, 0.1) is 0 Å². The molecular formula is C14H18N+. The maximum absolute atomic E-state index is 2.36. The van der Waals surface area contributed by atoms with E-state index in [0.29, 0.717) is 0 Å². The molecule has 1 nitrogen and oxygen atoms in total. The van der Waals surface area contributed by atoms with Crippen molar-refractivity contribution < 1.29 is 4.58 Å². The number of benzene rings is 1. The molecular weight excluding hydrogens is 182 g/mol. The van der Waals surface area contributed by atoms with Crippen molar-refractivity contribution in [1.29, 1.82) is 0 Å². The van der Waals surface area contributed by atoms with Gasteiger partial charge >= 0.3 is 0 Å². The van der Waals surface area contributed by atoms with Crippen LogP contribution < -0.4 is 0 Å². The molecule has 0 fully saturated rings. The largest absolute Gasteiger partial charge is 0.236 e. The summed E-state index contributed by atoms with van der Waals surface area (Å²) in [6.45, 7) is 1.07. The Balaban J connectivity index is 1.94. The predicted octanol–water partition coefficient (Wildman–Crippen LogP) is 2.66. The molecule has 0 N–H and O–H groups in total. The zero-order chi connectivity index (χ0) is 10.5. The Hall–Kier alpha value is -1.37. The third-order valence-corrected chi connectivity index (χ3v) is 2.98. The van der Waals surface area contributed by atoms with Crippen molar-refractivity contribution in [2.24, 2.45) is 0 Å². The Morgan fingerprint density at radius 3 is 2.60 bits per heavy atom. The molecule has 0 amide bonds. The zero-order valence-electron chi connectivity index (χ0n) is 9.32. The second-order valence-electron chi connectivity index (χ2n) is 4.11. The first-order valence-electron chi connectivity index (χ1n) is 5.61. The number of rotatable bonds is 3. The van der Waals surface area contributed by atoms with Crippen LogP contribution in [-0.2, 0) is 6.42 Å². The molecule has 0 bridgehead atoms. The van der Waals surface area contributed by atoms with Gasteiger partial charge in [0.2, 0.25) is 0 Å². The first-order chi connectivity index (χ1) is 7.36. The number of aryl methyl sites for hydroxylation is 1. The lowest BCUT2D eigenvalue weighted by Gasteiger charge is -2.07. The lowest BCUT2D eigenvalue weighted by molar-refractivity contribution is -0.490. The van der Waals surface area contributed by atoms with Crippen LogP contribution in [0.15, 0.2) is 42.5 Å². The van der Waals surface area contributed by atoms with E-state index in [0.717, 1.165) is 19.4 Å². The van der Waals surface area contributed by atoms with Gasteiger partial charge in [-0.3, -0.25) is 0 Å². The Morgan fingerprint density at radius 1 is 1.07 bits per heavy atom. The second kappa shape index (κ2) is 4.92. The summed E-state index contributed by atoms with van der Waals surface area (Å²) in [7, 11) is 2.18. The number of hydrogen-bond acceptors (Lipinski definition) is 0. The Labute approximate surface area is 91.8 Å². The summed E-state index contributed by atoms with van der Waals surface area (Å²) in [5.41, 5.74) is 2.99. The summed E-state index contributed by atoms with van der Waals surface area (Å²) in [5.74, 6) is 0. The molecule has 1 heteroatoms. The summed E-state index contributed by atoms with van der Waals surface area (Å²) in [6, 6.07) is 10.7. The molecule has 78 valence electrons. The molecule has 0 unspecified atom stereocenters. The summed E-state index contributed by atoms with van der Waals surface area (Å²) < 4.78 is 2.36. The van der Waals surface area contributed by atoms with Gasteiger partial charge < -0.3 is 0 Å². The normalized spacial score (nSPS) is 15.8. The summed E-state index contributed by atoms with van der Waals surface area (Å²) in [5, 5.41) is 0. The van der Waals surface area contributed by atoms with E-state index < -0.39 is 0 Å². The van der Waals surface area contributed by atoms with Crippen LogP contribution in [0.1, 0.15) is 18.4 Å². The molecule has 1 aromatic carbocycles. The standard InChI is InChI=1S/C14H18N/c1-15-12-6-5-9-14(15)11-10-13-7-3-2-4-8-13/h2-8H,9-12H2,1H3/q+1. The fourth-order valence-electron chi connectivity index (χ4n) is 1.96. The van der Waals surface area contributed by atoms with Gasteiger partial charge in [-0.15, -0.1) is 0 Å². The van der Waals surface area contributed by atoms with E-state index in [4.69, 9.17) is 0 Å². The minimum atomic E-state index is 1.07. The molecule has 0 atom stereocenters. The van der Waals surface area contributed by atoms with Crippen LogP contribution in [0.2, 0.25) is 0 Å². The summed E-state index contributed by atoms with van der Waals surface area (Å²) >= 11 is 0. The Bertz CT molecular complexity index is 374. The third kappa shape index (κ3) is 2.79. The van der Waals surface area contributed by atoms with Gasteiger partial charge in [-0.25, -0.2) is 4.58 Å². The van der Waals surface area contributed by atoms with E-state index in [2.05, 4.69) is 54.1 Å². The first-order valence-corrected chi connectivity index (χ1v) is 5.61. The average molecular weight is 200 g/mol. The van der Waals surface area contributed by atoms with Crippen molar-refractivity contribution in [2.75, 3.05) is 13.6 Å². The maximum atomic E-state index is 2.36. The van der Waals surface area contributed by atoms with Crippen molar-refractivity contribution in [3.05, 3.63) is 48.0 Å². The third-order valence-electron chi connectivity index (χ3n) is 2.98. The fraction of sp³-hybridized carbons (Fsp3) is 0.357. The van der Waals surface area contributed by atoms with E-state index in [-0.39, 0.29) is 0 Å². The smallest absolute Gasteiger partial charge is 0.161 e. The molecule has 0 saturated carbocycles.